The number of anilines is 1. The fourth-order valence-corrected chi connectivity index (χ4v) is 2.76. The van der Waals surface area contributed by atoms with Crippen molar-refractivity contribution in [1.29, 1.82) is 0 Å². The van der Waals surface area contributed by atoms with Gasteiger partial charge < -0.3 is 10.2 Å². The van der Waals surface area contributed by atoms with E-state index in [1.54, 1.807) is 12.1 Å². The zero-order valence-corrected chi connectivity index (χ0v) is 11.0. The first-order valence-electron chi connectivity index (χ1n) is 6.97. The van der Waals surface area contributed by atoms with E-state index in [-0.39, 0.29) is 5.82 Å². The minimum Gasteiger partial charge on any atom is -0.371 e. The summed E-state index contributed by atoms with van der Waals surface area (Å²) in [6, 6.07) is 5.88. The highest BCUT2D eigenvalue weighted by Gasteiger charge is 2.26. The van der Waals surface area contributed by atoms with E-state index >= 15 is 0 Å². The van der Waals surface area contributed by atoms with Crippen molar-refractivity contribution in [3.05, 3.63) is 29.6 Å². The fourth-order valence-electron chi connectivity index (χ4n) is 2.76. The molecule has 2 fully saturated rings. The van der Waals surface area contributed by atoms with E-state index in [0.717, 1.165) is 31.4 Å². The van der Waals surface area contributed by atoms with Gasteiger partial charge in [0.25, 0.3) is 0 Å². The van der Waals surface area contributed by atoms with Crippen molar-refractivity contribution >= 4 is 5.69 Å². The number of halogens is 1. The SMILES string of the molecule is Cc1ccc(F)cc1N1CCC(CNC2CC2)C1. The smallest absolute Gasteiger partial charge is 0.125 e. The molecule has 1 aliphatic carbocycles. The molecule has 0 bridgehead atoms. The number of hydrogen-bond donors (Lipinski definition) is 1. The van der Waals surface area contributed by atoms with Crippen LogP contribution in [0.4, 0.5) is 10.1 Å². The van der Waals surface area contributed by atoms with Crippen LogP contribution in [0.25, 0.3) is 0 Å². The second kappa shape index (κ2) is 4.88. The van der Waals surface area contributed by atoms with Gasteiger partial charge in [-0.3, -0.25) is 0 Å². The molecule has 1 saturated carbocycles. The van der Waals surface area contributed by atoms with Crippen LogP contribution in [0.5, 0.6) is 0 Å². The average Bonchev–Trinajstić information content (AvgIpc) is 3.08. The van der Waals surface area contributed by atoms with Crippen LogP contribution in [-0.4, -0.2) is 25.7 Å². The quantitative estimate of drug-likeness (QED) is 0.881. The topological polar surface area (TPSA) is 15.3 Å². The molecule has 3 rings (SSSR count). The minimum atomic E-state index is -0.129. The zero-order valence-electron chi connectivity index (χ0n) is 11.0. The summed E-state index contributed by atoms with van der Waals surface area (Å²) in [6.45, 7) is 5.30. The number of hydrogen-bond acceptors (Lipinski definition) is 2. The molecule has 0 spiro atoms. The maximum absolute atomic E-state index is 13.3. The Morgan fingerprint density at radius 1 is 1.33 bits per heavy atom. The van der Waals surface area contributed by atoms with Gasteiger partial charge in [0.15, 0.2) is 0 Å². The summed E-state index contributed by atoms with van der Waals surface area (Å²) in [6.07, 6.45) is 3.91. The molecule has 1 aliphatic heterocycles. The fraction of sp³-hybridized carbons (Fsp3) is 0.600. The second-order valence-electron chi connectivity index (χ2n) is 5.71. The van der Waals surface area contributed by atoms with E-state index in [0.29, 0.717) is 5.92 Å². The number of nitrogens with one attached hydrogen (secondary N) is 1. The predicted octanol–water partition coefficient (Wildman–Crippen LogP) is 2.71. The summed E-state index contributed by atoms with van der Waals surface area (Å²) in [5, 5.41) is 3.60. The van der Waals surface area contributed by atoms with E-state index in [4.69, 9.17) is 0 Å². The van der Waals surface area contributed by atoms with Crippen LogP contribution in [0.2, 0.25) is 0 Å². The van der Waals surface area contributed by atoms with Gasteiger partial charge in [-0.2, -0.15) is 0 Å². The van der Waals surface area contributed by atoms with Crippen LogP contribution in [-0.2, 0) is 0 Å². The molecule has 1 atom stereocenters. The van der Waals surface area contributed by atoms with Gasteiger partial charge in [-0.15, -0.1) is 0 Å². The Balaban J connectivity index is 1.61. The van der Waals surface area contributed by atoms with E-state index in [1.165, 1.54) is 24.8 Å². The highest BCUT2D eigenvalue weighted by molar-refractivity contribution is 5.54. The first kappa shape index (κ1) is 12.0. The molecule has 98 valence electrons. The van der Waals surface area contributed by atoms with Crippen LogP contribution in [0, 0.1) is 18.7 Å². The van der Waals surface area contributed by atoms with Gasteiger partial charge in [-0.1, -0.05) is 6.07 Å². The highest BCUT2D eigenvalue weighted by atomic mass is 19.1. The Hall–Kier alpha value is -1.09. The van der Waals surface area contributed by atoms with Crippen LogP contribution >= 0.6 is 0 Å². The Labute approximate surface area is 108 Å². The molecule has 1 heterocycles. The third-order valence-corrected chi connectivity index (χ3v) is 4.07. The summed E-state index contributed by atoms with van der Waals surface area (Å²) in [4.78, 5) is 2.33. The van der Waals surface area contributed by atoms with Gasteiger partial charge in [-0.05, 0) is 56.3 Å². The maximum atomic E-state index is 13.3. The molecule has 0 aromatic heterocycles. The van der Waals surface area contributed by atoms with E-state index in [9.17, 15) is 4.39 Å². The summed E-state index contributed by atoms with van der Waals surface area (Å²) < 4.78 is 13.3. The average molecular weight is 248 g/mol. The van der Waals surface area contributed by atoms with E-state index in [2.05, 4.69) is 17.1 Å². The molecular weight excluding hydrogens is 227 g/mol. The second-order valence-corrected chi connectivity index (χ2v) is 5.71. The normalized spacial score (nSPS) is 23.7. The molecule has 1 N–H and O–H groups in total. The Kier molecular flexibility index (Phi) is 3.25. The molecule has 18 heavy (non-hydrogen) atoms. The first-order chi connectivity index (χ1) is 8.72. The summed E-state index contributed by atoms with van der Waals surface area (Å²) in [5.41, 5.74) is 2.25. The van der Waals surface area contributed by atoms with Gasteiger partial charge in [0, 0.05) is 24.8 Å². The molecule has 2 nitrogen and oxygen atoms in total. The highest BCUT2D eigenvalue weighted by Crippen LogP contribution is 2.28. The van der Waals surface area contributed by atoms with Crippen LogP contribution in [0.3, 0.4) is 0 Å². The van der Waals surface area contributed by atoms with Gasteiger partial charge >= 0.3 is 0 Å². The lowest BCUT2D eigenvalue weighted by molar-refractivity contribution is 0.515. The van der Waals surface area contributed by atoms with E-state index < -0.39 is 0 Å². The van der Waals surface area contributed by atoms with Gasteiger partial charge in [0.2, 0.25) is 0 Å². The molecule has 0 radical (unpaired) electrons. The van der Waals surface area contributed by atoms with Crippen LogP contribution in [0.1, 0.15) is 24.8 Å². The van der Waals surface area contributed by atoms with Gasteiger partial charge in [0.1, 0.15) is 5.82 Å². The van der Waals surface area contributed by atoms with Crippen molar-refractivity contribution in [3.63, 3.8) is 0 Å². The molecule has 1 saturated heterocycles. The molecule has 3 heteroatoms. The lowest BCUT2D eigenvalue weighted by atomic mass is 10.1. The molecule has 1 unspecified atom stereocenters. The van der Waals surface area contributed by atoms with Crippen molar-refractivity contribution in [2.75, 3.05) is 24.5 Å². The predicted molar refractivity (Wildman–Crippen MR) is 72.5 cm³/mol. The third-order valence-electron chi connectivity index (χ3n) is 4.07. The van der Waals surface area contributed by atoms with Crippen molar-refractivity contribution in [2.45, 2.75) is 32.2 Å². The molecular formula is C15H21FN2. The molecule has 1 aromatic carbocycles. The maximum Gasteiger partial charge on any atom is 0.125 e. The lowest BCUT2D eigenvalue weighted by Crippen LogP contribution is -2.27. The molecule has 0 amide bonds. The largest absolute Gasteiger partial charge is 0.371 e. The van der Waals surface area contributed by atoms with Crippen LogP contribution in [0.15, 0.2) is 18.2 Å². The summed E-state index contributed by atoms with van der Waals surface area (Å²) in [7, 11) is 0. The van der Waals surface area contributed by atoms with Crippen LogP contribution < -0.4 is 10.2 Å². The first-order valence-corrected chi connectivity index (χ1v) is 6.97. The van der Waals surface area contributed by atoms with E-state index in [1.807, 2.05) is 6.07 Å². The molecule has 1 aromatic rings. The zero-order chi connectivity index (χ0) is 12.5. The summed E-state index contributed by atoms with van der Waals surface area (Å²) in [5.74, 6) is 0.587. The molecule has 2 aliphatic rings. The van der Waals surface area contributed by atoms with Gasteiger partial charge in [-0.25, -0.2) is 4.39 Å². The van der Waals surface area contributed by atoms with Gasteiger partial charge in [0.05, 0.1) is 0 Å². The lowest BCUT2D eigenvalue weighted by Gasteiger charge is -2.21. The monoisotopic (exact) mass is 248 g/mol. The Morgan fingerprint density at radius 3 is 2.94 bits per heavy atom. The standard InChI is InChI=1S/C15H21FN2/c1-11-2-3-13(16)8-15(11)18-7-6-12(10-18)9-17-14-4-5-14/h2-3,8,12,14,17H,4-7,9-10H2,1H3. The Bertz CT molecular complexity index is 429. The summed E-state index contributed by atoms with van der Waals surface area (Å²) >= 11 is 0. The number of aryl methyl sites for hydroxylation is 1. The number of nitrogens with zero attached hydrogens (tertiary/aromatic N) is 1. The third kappa shape index (κ3) is 2.66. The Morgan fingerprint density at radius 2 is 2.17 bits per heavy atom. The van der Waals surface area contributed by atoms with Crippen molar-refractivity contribution < 1.29 is 4.39 Å². The number of benzene rings is 1. The number of rotatable bonds is 4. The van der Waals surface area contributed by atoms with Crippen molar-refractivity contribution in [2.24, 2.45) is 5.92 Å². The van der Waals surface area contributed by atoms with Crippen molar-refractivity contribution in [1.82, 2.24) is 5.32 Å². The van der Waals surface area contributed by atoms with Crippen molar-refractivity contribution in [3.8, 4) is 0 Å². The minimum absolute atomic E-state index is 0.129.